The fourth-order valence-electron chi connectivity index (χ4n) is 2.49. The summed E-state index contributed by atoms with van der Waals surface area (Å²) in [6.07, 6.45) is 20.1. The molecule has 1 aromatic heterocycles. The van der Waals surface area contributed by atoms with Crippen molar-refractivity contribution >= 4 is 16.8 Å². The number of hydrogen-bond donors (Lipinski definition) is 0. The summed E-state index contributed by atoms with van der Waals surface area (Å²) >= 11 is 0. The molecule has 0 bridgehead atoms. The summed E-state index contributed by atoms with van der Waals surface area (Å²) in [5.74, 6) is 0.556. The van der Waals surface area contributed by atoms with Gasteiger partial charge in [-0.15, -0.1) is 25.7 Å². The van der Waals surface area contributed by atoms with Crippen molar-refractivity contribution in [3.05, 3.63) is 65.5 Å². The minimum absolute atomic E-state index is 0.0435. The molecular formula is C25H32N2O. The zero-order chi connectivity index (χ0) is 22.3. The highest BCUT2D eigenvalue weighted by Crippen LogP contribution is 2.20. The van der Waals surface area contributed by atoms with Crippen molar-refractivity contribution in [2.45, 2.75) is 41.0 Å². The van der Waals surface area contributed by atoms with Crippen molar-refractivity contribution in [2.24, 2.45) is 7.05 Å². The molecule has 0 radical (unpaired) electrons. The average molecular weight is 377 g/mol. The fraction of sp³-hybridized carbons (Fsp3) is 0.280. The smallest absolute Gasteiger partial charge is 0.202 e. The largest absolute Gasteiger partial charge is 0.325 e. The Morgan fingerprint density at radius 3 is 2.14 bits per heavy atom. The van der Waals surface area contributed by atoms with E-state index >= 15 is 0 Å². The number of aryl methyl sites for hydroxylation is 1. The van der Waals surface area contributed by atoms with Gasteiger partial charge >= 0.3 is 0 Å². The first kappa shape index (κ1) is 26.9. The Morgan fingerprint density at radius 1 is 1.11 bits per heavy atom. The molecule has 28 heavy (non-hydrogen) atoms. The van der Waals surface area contributed by atoms with E-state index < -0.39 is 0 Å². The van der Waals surface area contributed by atoms with Crippen molar-refractivity contribution < 1.29 is 4.79 Å². The van der Waals surface area contributed by atoms with Crippen molar-refractivity contribution in [1.82, 2.24) is 9.55 Å². The molecule has 0 unspecified atom stereocenters. The maximum absolute atomic E-state index is 12.6. The van der Waals surface area contributed by atoms with Crippen LogP contribution in [0.2, 0.25) is 0 Å². The van der Waals surface area contributed by atoms with Crippen LogP contribution in [0, 0.1) is 25.7 Å². The number of benzene rings is 1. The van der Waals surface area contributed by atoms with Crippen LogP contribution in [-0.4, -0.2) is 15.3 Å². The number of carbonyl (C=O) groups excluding carboxylic acids is 1. The first-order valence-corrected chi connectivity index (χ1v) is 9.03. The lowest BCUT2D eigenvalue weighted by Gasteiger charge is -2.08. The number of rotatable bonds is 5. The second-order valence-electron chi connectivity index (χ2n) is 5.57. The number of terminal acetylenes is 2. The van der Waals surface area contributed by atoms with E-state index in [-0.39, 0.29) is 5.78 Å². The normalized spacial score (nSPS) is 10.7. The van der Waals surface area contributed by atoms with E-state index in [0.717, 1.165) is 27.8 Å². The van der Waals surface area contributed by atoms with Gasteiger partial charge in [0, 0.05) is 13.5 Å². The molecule has 0 atom stereocenters. The third-order valence-electron chi connectivity index (χ3n) is 4.06. The lowest BCUT2D eigenvalue weighted by Crippen LogP contribution is -2.08. The van der Waals surface area contributed by atoms with Crippen LogP contribution in [-0.2, 0) is 7.05 Å². The van der Waals surface area contributed by atoms with E-state index in [0.29, 0.717) is 12.2 Å². The Bertz CT molecular complexity index is 868. The first-order valence-electron chi connectivity index (χ1n) is 9.03. The van der Waals surface area contributed by atoms with Crippen molar-refractivity contribution in [2.75, 3.05) is 0 Å². The van der Waals surface area contributed by atoms with E-state index in [1.165, 1.54) is 0 Å². The summed E-state index contributed by atoms with van der Waals surface area (Å²) in [6, 6.07) is 7.79. The topological polar surface area (TPSA) is 34.9 Å². The van der Waals surface area contributed by atoms with Crippen LogP contribution in [0.4, 0.5) is 0 Å². The molecule has 0 saturated heterocycles. The number of ketones is 1. The van der Waals surface area contributed by atoms with Gasteiger partial charge in [0.15, 0.2) is 5.82 Å². The second-order valence-corrected chi connectivity index (χ2v) is 5.57. The predicted octanol–water partition coefficient (Wildman–Crippen LogP) is 6.14. The zero-order valence-electron chi connectivity index (χ0n) is 18.0. The van der Waals surface area contributed by atoms with Gasteiger partial charge in [-0.2, -0.15) is 0 Å². The lowest BCUT2D eigenvalue weighted by molar-refractivity contribution is 0.0980. The van der Waals surface area contributed by atoms with Gasteiger partial charge < -0.3 is 4.57 Å². The molecule has 0 aliphatic heterocycles. The molecule has 2 rings (SSSR count). The molecule has 1 aromatic carbocycles. The van der Waals surface area contributed by atoms with Gasteiger partial charge in [0.25, 0.3) is 0 Å². The van der Waals surface area contributed by atoms with Crippen LogP contribution < -0.4 is 0 Å². The van der Waals surface area contributed by atoms with E-state index in [4.69, 9.17) is 0 Å². The van der Waals surface area contributed by atoms with Crippen LogP contribution in [0.15, 0.2) is 59.7 Å². The number of nitrogens with zero attached hydrogens (tertiary/aromatic N) is 2. The molecule has 0 amide bonds. The van der Waals surface area contributed by atoms with Crippen molar-refractivity contribution in [1.29, 1.82) is 0 Å². The summed E-state index contributed by atoms with van der Waals surface area (Å²) in [6.45, 7) is 13.8. The maximum atomic E-state index is 12.6. The molecule has 2 aromatic rings. The van der Waals surface area contributed by atoms with Gasteiger partial charge in [-0.25, -0.2) is 4.98 Å². The fourth-order valence-corrected chi connectivity index (χ4v) is 2.49. The molecule has 0 N–H and O–H groups in total. The van der Waals surface area contributed by atoms with Gasteiger partial charge in [-0.3, -0.25) is 4.79 Å². The molecule has 0 fully saturated rings. The van der Waals surface area contributed by atoms with Crippen LogP contribution >= 0.6 is 0 Å². The minimum Gasteiger partial charge on any atom is -0.325 e. The Morgan fingerprint density at radius 2 is 1.64 bits per heavy atom. The maximum Gasteiger partial charge on any atom is 0.202 e. The molecule has 0 saturated carbocycles. The number of hydrogen-bond acceptors (Lipinski definition) is 2. The van der Waals surface area contributed by atoms with Gasteiger partial charge in [0.1, 0.15) is 0 Å². The minimum atomic E-state index is 0.0435. The highest BCUT2D eigenvalue weighted by Gasteiger charge is 2.16. The van der Waals surface area contributed by atoms with Gasteiger partial charge in [-0.1, -0.05) is 50.3 Å². The number of imidazole rings is 1. The highest BCUT2D eigenvalue weighted by atomic mass is 16.1. The van der Waals surface area contributed by atoms with Crippen molar-refractivity contribution in [3.63, 3.8) is 0 Å². The SMILES string of the molecule is C#C.C#C.C=C/C=C(C)\C(C)=C(/C)CC(=O)c1nc2ccccc2n1C.CC. The number of fused-ring (bicyclic) bond motifs is 1. The lowest BCUT2D eigenvalue weighted by atomic mass is 9.99. The van der Waals surface area contributed by atoms with Crippen LogP contribution in [0.3, 0.4) is 0 Å². The zero-order valence-corrected chi connectivity index (χ0v) is 18.0. The molecule has 1 heterocycles. The number of Topliss-reactive ketones (excluding diaryl/α,β-unsaturated/α-hetero) is 1. The third kappa shape index (κ3) is 7.14. The highest BCUT2D eigenvalue weighted by molar-refractivity contribution is 5.97. The third-order valence-corrected chi connectivity index (χ3v) is 4.06. The van der Waals surface area contributed by atoms with E-state index in [9.17, 15) is 4.79 Å². The van der Waals surface area contributed by atoms with Gasteiger partial charge in [-0.05, 0) is 44.1 Å². The second kappa shape index (κ2) is 14.8. The summed E-state index contributed by atoms with van der Waals surface area (Å²) in [4.78, 5) is 17.0. The summed E-state index contributed by atoms with van der Waals surface area (Å²) in [5, 5.41) is 0. The van der Waals surface area contributed by atoms with Crippen LogP contribution in [0.1, 0.15) is 51.7 Å². The Kier molecular flexibility index (Phi) is 14.3. The van der Waals surface area contributed by atoms with Gasteiger partial charge in [0.2, 0.25) is 5.78 Å². The number of allylic oxidation sites excluding steroid dienone is 5. The van der Waals surface area contributed by atoms with Crippen molar-refractivity contribution in [3.8, 4) is 25.7 Å². The molecule has 0 aliphatic carbocycles. The first-order chi connectivity index (χ1) is 13.5. The van der Waals surface area contributed by atoms with Crippen LogP contribution in [0.5, 0.6) is 0 Å². The number of carbonyl (C=O) groups is 1. The van der Waals surface area contributed by atoms with Gasteiger partial charge in [0.05, 0.1) is 11.0 Å². The molecule has 3 heteroatoms. The van der Waals surface area contributed by atoms with E-state index in [1.807, 2.05) is 76.6 Å². The summed E-state index contributed by atoms with van der Waals surface area (Å²) in [7, 11) is 1.89. The Balaban J connectivity index is 0. The van der Waals surface area contributed by atoms with E-state index in [1.54, 1.807) is 6.08 Å². The molecule has 148 valence electrons. The molecule has 0 aliphatic rings. The standard InChI is InChI=1S/C19H22N2O.C2H6.2C2H2/c1-6-9-13(2)15(4)14(3)12-18(22)19-20-16-10-7-8-11-17(16)21(19)5;3*1-2/h6-11H,1,12H2,2-5H3;1-2H3;2*1-2H/b13-9-,15-14+;;;. The predicted molar refractivity (Wildman–Crippen MR) is 123 cm³/mol. The quantitative estimate of drug-likeness (QED) is 0.357. The van der Waals surface area contributed by atoms with Crippen LogP contribution in [0.25, 0.3) is 11.0 Å². The van der Waals surface area contributed by atoms with E-state index in [2.05, 4.69) is 37.3 Å². The number of para-hydroxylation sites is 2. The number of aromatic nitrogens is 2. The average Bonchev–Trinajstić information content (AvgIpc) is 3.09. The molecule has 0 spiro atoms. The molecular weight excluding hydrogens is 344 g/mol. The summed E-state index contributed by atoms with van der Waals surface area (Å²) in [5.41, 5.74) is 5.16. The summed E-state index contributed by atoms with van der Waals surface area (Å²) < 4.78 is 1.87. The monoisotopic (exact) mass is 376 g/mol. The Hall–Kier alpha value is -3.30. The Labute approximate surface area is 170 Å². The molecule has 3 nitrogen and oxygen atoms in total.